The fourth-order valence-corrected chi connectivity index (χ4v) is 3.03. The molecule has 0 radical (unpaired) electrons. The summed E-state index contributed by atoms with van der Waals surface area (Å²) in [5.41, 5.74) is 0. The average Bonchev–Trinajstić information content (AvgIpc) is 2.80. The fourth-order valence-electron chi connectivity index (χ4n) is 1.86. The first-order valence-electron chi connectivity index (χ1n) is 6.03. The van der Waals surface area contributed by atoms with E-state index in [1.54, 1.807) is 4.90 Å². The number of carbonyl (C=O) groups excluding carboxylic acids is 2. The molecule has 0 aromatic heterocycles. The maximum absolute atomic E-state index is 11.8. The Morgan fingerprint density at radius 2 is 1.89 bits per heavy atom. The van der Waals surface area contributed by atoms with Gasteiger partial charge >= 0.3 is 5.97 Å². The normalized spacial score (nSPS) is 17.8. The number of nitrogens with zero attached hydrogens (tertiary/aromatic N) is 1. The number of carboxylic acid groups (broad SMARTS) is 1. The van der Waals surface area contributed by atoms with Gasteiger partial charge in [0.1, 0.15) is 11.8 Å². The van der Waals surface area contributed by atoms with Crippen molar-refractivity contribution >= 4 is 28.6 Å². The third-order valence-corrected chi connectivity index (χ3v) is 4.05. The van der Waals surface area contributed by atoms with Crippen molar-refractivity contribution in [2.75, 3.05) is 24.6 Å². The summed E-state index contributed by atoms with van der Waals surface area (Å²) in [6.07, 6.45) is 1.89. The van der Waals surface area contributed by atoms with Gasteiger partial charge in [0.05, 0.1) is 5.75 Å². The number of hydrogen-bond acceptors (Lipinski definition) is 4. The average molecular weight is 290 g/mol. The van der Waals surface area contributed by atoms with Crippen LogP contribution in [-0.2, 0) is 25.2 Å². The largest absolute Gasteiger partial charge is 0.480 e. The van der Waals surface area contributed by atoms with Crippen LogP contribution in [0.2, 0.25) is 0 Å². The second-order valence-electron chi connectivity index (χ2n) is 4.43. The first-order chi connectivity index (χ1) is 8.90. The first-order valence-corrected chi connectivity index (χ1v) is 7.51. The van der Waals surface area contributed by atoms with Gasteiger partial charge in [-0.25, -0.2) is 4.79 Å². The topological polar surface area (TPSA) is 104 Å². The summed E-state index contributed by atoms with van der Waals surface area (Å²) in [4.78, 5) is 35.0. The number of carbonyl (C=O) groups is 3. The van der Waals surface area contributed by atoms with E-state index in [0.29, 0.717) is 13.1 Å². The minimum Gasteiger partial charge on any atom is -0.480 e. The van der Waals surface area contributed by atoms with E-state index in [-0.39, 0.29) is 17.4 Å². The summed E-state index contributed by atoms with van der Waals surface area (Å²) >= 11 is 0. The molecule has 0 aromatic rings. The van der Waals surface area contributed by atoms with Crippen molar-refractivity contribution < 1.29 is 23.7 Å². The van der Waals surface area contributed by atoms with Crippen molar-refractivity contribution in [2.24, 2.45) is 0 Å². The highest BCUT2D eigenvalue weighted by Crippen LogP contribution is 2.08. The monoisotopic (exact) mass is 290 g/mol. The van der Waals surface area contributed by atoms with Gasteiger partial charge in [0.15, 0.2) is 0 Å². The molecule has 2 N–H and O–H groups in total. The van der Waals surface area contributed by atoms with Crippen molar-refractivity contribution in [3.8, 4) is 0 Å². The van der Waals surface area contributed by atoms with E-state index in [1.807, 2.05) is 0 Å². The smallest absolute Gasteiger partial charge is 0.327 e. The van der Waals surface area contributed by atoms with Crippen molar-refractivity contribution in [1.82, 2.24) is 10.2 Å². The molecule has 2 unspecified atom stereocenters. The number of likely N-dealkylation sites (tertiary alicyclic amines) is 1. The van der Waals surface area contributed by atoms with Crippen LogP contribution >= 0.6 is 0 Å². The van der Waals surface area contributed by atoms with Gasteiger partial charge in [0.25, 0.3) is 0 Å². The molecule has 8 heteroatoms. The third-order valence-electron chi connectivity index (χ3n) is 2.77. The highest BCUT2D eigenvalue weighted by molar-refractivity contribution is 7.85. The van der Waals surface area contributed by atoms with Gasteiger partial charge in [-0.1, -0.05) is 0 Å². The van der Waals surface area contributed by atoms with Gasteiger partial charge in [-0.3, -0.25) is 13.8 Å². The zero-order valence-electron chi connectivity index (χ0n) is 10.8. The molecule has 108 valence electrons. The molecule has 0 aliphatic carbocycles. The molecule has 1 aliphatic heterocycles. The van der Waals surface area contributed by atoms with E-state index in [2.05, 4.69) is 5.32 Å². The molecule has 2 atom stereocenters. The van der Waals surface area contributed by atoms with Gasteiger partial charge in [-0.05, 0) is 12.8 Å². The van der Waals surface area contributed by atoms with Crippen LogP contribution in [0, 0.1) is 0 Å². The van der Waals surface area contributed by atoms with Gasteiger partial charge in [0, 0.05) is 30.8 Å². The Bertz CT molecular complexity index is 393. The zero-order valence-corrected chi connectivity index (χ0v) is 11.6. The Morgan fingerprint density at radius 3 is 2.37 bits per heavy atom. The lowest BCUT2D eigenvalue weighted by Gasteiger charge is -2.16. The van der Waals surface area contributed by atoms with Crippen molar-refractivity contribution in [3.63, 3.8) is 0 Å². The summed E-state index contributed by atoms with van der Waals surface area (Å²) in [7, 11) is -1.60. The number of nitrogens with one attached hydrogen (secondary N) is 1. The molecular weight excluding hydrogens is 272 g/mol. The molecule has 1 heterocycles. The fraction of sp³-hybridized carbons (Fsp3) is 0.727. The molecule has 1 aliphatic rings. The molecule has 1 rings (SSSR count). The van der Waals surface area contributed by atoms with Gasteiger partial charge in [-0.2, -0.15) is 0 Å². The second-order valence-corrected chi connectivity index (χ2v) is 5.93. The van der Waals surface area contributed by atoms with Crippen LogP contribution in [0.15, 0.2) is 0 Å². The van der Waals surface area contributed by atoms with Crippen LogP contribution in [0.5, 0.6) is 0 Å². The molecule has 0 saturated carbocycles. The number of carboxylic acids is 1. The van der Waals surface area contributed by atoms with Gasteiger partial charge in [0.2, 0.25) is 11.8 Å². The lowest BCUT2D eigenvalue weighted by atomic mass is 10.3. The Balaban J connectivity index is 2.45. The molecule has 1 fully saturated rings. The van der Waals surface area contributed by atoms with Crippen molar-refractivity contribution in [3.05, 3.63) is 0 Å². The predicted molar refractivity (Wildman–Crippen MR) is 68.9 cm³/mol. The Labute approximate surface area is 113 Å². The standard InChI is InChI=1S/C11H18N2O5S/c1-8(14)12-9(11(16)17)6-19(18)7-10(15)13-4-2-3-5-13/h9H,2-7H2,1H3,(H,12,14)(H,16,17). The van der Waals surface area contributed by atoms with Crippen LogP contribution in [0.1, 0.15) is 19.8 Å². The molecule has 19 heavy (non-hydrogen) atoms. The molecular formula is C11H18N2O5S. The van der Waals surface area contributed by atoms with E-state index in [9.17, 15) is 18.6 Å². The van der Waals surface area contributed by atoms with Gasteiger partial charge < -0.3 is 15.3 Å². The Morgan fingerprint density at radius 1 is 1.32 bits per heavy atom. The van der Waals surface area contributed by atoms with E-state index < -0.39 is 28.7 Å². The van der Waals surface area contributed by atoms with E-state index in [1.165, 1.54) is 6.92 Å². The highest BCUT2D eigenvalue weighted by Gasteiger charge is 2.25. The predicted octanol–water partition coefficient (Wildman–Crippen LogP) is -1.05. The maximum atomic E-state index is 11.8. The molecule has 1 saturated heterocycles. The van der Waals surface area contributed by atoms with Crippen LogP contribution < -0.4 is 5.32 Å². The summed E-state index contributed by atoms with van der Waals surface area (Å²) in [5.74, 6) is -2.42. The van der Waals surface area contributed by atoms with E-state index in [0.717, 1.165) is 12.8 Å². The van der Waals surface area contributed by atoms with E-state index in [4.69, 9.17) is 5.11 Å². The highest BCUT2D eigenvalue weighted by atomic mass is 32.2. The minimum atomic E-state index is -1.60. The first kappa shape index (κ1) is 15.6. The van der Waals surface area contributed by atoms with Crippen LogP contribution in [-0.4, -0.2) is 62.6 Å². The molecule has 0 spiro atoms. The summed E-state index contributed by atoms with van der Waals surface area (Å²) in [5, 5.41) is 11.1. The number of hydrogen-bond donors (Lipinski definition) is 2. The number of aliphatic carboxylic acids is 1. The molecule has 2 amide bonds. The molecule has 0 bridgehead atoms. The van der Waals surface area contributed by atoms with Crippen LogP contribution in [0.3, 0.4) is 0 Å². The number of rotatable bonds is 6. The zero-order chi connectivity index (χ0) is 14.4. The molecule has 7 nitrogen and oxygen atoms in total. The lowest BCUT2D eigenvalue weighted by Crippen LogP contribution is -2.44. The van der Waals surface area contributed by atoms with E-state index >= 15 is 0 Å². The Kier molecular flexibility index (Phi) is 5.94. The summed E-state index contributed by atoms with van der Waals surface area (Å²) < 4.78 is 11.8. The van der Waals surface area contributed by atoms with Crippen molar-refractivity contribution in [2.45, 2.75) is 25.8 Å². The Hall–Kier alpha value is -1.44. The summed E-state index contributed by atoms with van der Waals surface area (Å²) in [6.45, 7) is 2.53. The van der Waals surface area contributed by atoms with Crippen LogP contribution in [0.4, 0.5) is 0 Å². The minimum absolute atomic E-state index is 0.191. The second kappa shape index (κ2) is 7.22. The lowest BCUT2D eigenvalue weighted by molar-refractivity contribution is -0.140. The summed E-state index contributed by atoms with van der Waals surface area (Å²) in [6, 6.07) is -1.22. The van der Waals surface area contributed by atoms with Gasteiger partial charge in [-0.15, -0.1) is 0 Å². The SMILES string of the molecule is CC(=O)NC(CS(=O)CC(=O)N1CCCC1)C(=O)O. The third kappa shape index (κ3) is 5.37. The number of amides is 2. The van der Waals surface area contributed by atoms with Crippen LogP contribution in [0.25, 0.3) is 0 Å². The molecule has 0 aromatic carbocycles. The maximum Gasteiger partial charge on any atom is 0.327 e. The quantitative estimate of drug-likeness (QED) is 0.649. The van der Waals surface area contributed by atoms with Crippen molar-refractivity contribution in [1.29, 1.82) is 0 Å².